The molecule has 0 bridgehead atoms. The number of fused-ring (bicyclic) bond motifs is 1. The van der Waals surface area contributed by atoms with Crippen LogP contribution >= 0.6 is 0 Å². The predicted octanol–water partition coefficient (Wildman–Crippen LogP) is 1.36. The van der Waals surface area contributed by atoms with E-state index >= 15 is 0 Å². The lowest BCUT2D eigenvalue weighted by molar-refractivity contribution is -0.120. The number of anilines is 1. The van der Waals surface area contributed by atoms with Crippen molar-refractivity contribution in [3.8, 4) is 11.3 Å². The molecule has 0 unspecified atom stereocenters. The summed E-state index contributed by atoms with van der Waals surface area (Å²) in [6.07, 6.45) is 3.77. The first kappa shape index (κ1) is 15.6. The van der Waals surface area contributed by atoms with Crippen LogP contribution in [0.1, 0.15) is 12.8 Å². The maximum Gasteiger partial charge on any atom is 0.229 e. The summed E-state index contributed by atoms with van der Waals surface area (Å²) in [7, 11) is 1.83. The van der Waals surface area contributed by atoms with E-state index in [1.165, 1.54) is 0 Å². The van der Waals surface area contributed by atoms with Crippen LogP contribution in [0.5, 0.6) is 0 Å². The molecule has 8 heteroatoms. The second-order valence-corrected chi connectivity index (χ2v) is 6.31. The summed E-state index contributed by atoms with van der Waals surface area (Å²) < 4.78 is 1.66. The van der Waals surface area contributed by atoms with Crippen LogP contribution in [0.3, 0.4) is 0 Å². The second kappa shape index (κ2) is 6.56. The fourth-order valence-electron chi connectivity index (χ4n) is 3.05. The quantitative estimate of drug-likeness (QED) is 0.749. The Balaban J connectivity index is 1.59. The van der Waals surface area contributed by atoms with Gasteiger partial charge in [0.15, 0.2) is 5.82 Å². The molecule has 2 aromatic heterocycles. The smallest absolute Gasteiger partial charge is 0.229 e. The van der Waals surface area contributed by atoms with Gasteiger partial charge in [0.05, 0.1) is 17.6 Å². The topological polar surface area (TPSA) is 97.6 Å². The minimum atomic E-state index is -0.0165. The van der Waals surface area contributed by atoms with Crippen LogP contribution in [0.25, 0.3) is 22.2 Å². The molecule has 1 amide bonds. The SMILES string of the molecule is Cn1cc(-c2ccc3nnc(NC(=O)[C@@H]4CCCNC4)cc3c2)nn1. The van der Waals surface area contributed by atoms with E-state index in [2.05, 4.69) is 31.1 Å². The minimum absolute atomic E-state index is 0.00840. The van der Waals surface area contributed by atoms with Crippen molar-refractivity contribution < 1.29 is 4.79 Å². The molecule has 1 atom stereocenters. The average Bonchev–Trinajstić information content (AvgIpc) is 3.08. The summed E-state index contributed by atoms with van der Waals surface area (Å²) in [6, 6.07) is 7.65. The molecule has 0 spiro atoms. The molecule has 3 heterocycles. The van der Waals surface area contributed by atoms with Crippen LogP contribution in [-0.2, 0) is 11.8 Å². The van der Waals surface area contributed by atoms with Gasteiger partial charge in [0, 0.05) is 24.5 Å². The number of aromatic nitrogens is 5. The molecule has 2 N–H and O–H groups in total. The van der Waals surface area contributed by atoms with Gasteiger partial charge in [0.1, 0.15) is 5.69 Å². The van der Waals surface area contributed by atoms with Crippen molar-refractivity contribution in [2.45, 2.75) is 12.8 Å². The summed E-state index contributed by atoms with van der Waals surface area (Å²) in [5.41, 5.74) is 2.51. The monoisotopic (exact) mass is 337 g/mol. The summed E-state index contributed by atoms with van der Waals surface area (Å²) in [4.78, 5) is 12.4. The standard InChI is InChI=1S/C17H19N7O/c1-24-10-15(21-23-24)11-4-5-14-13(7-11)8-16(22-20-14)19-17(25)12-3-2-6-18-9-12/h4-5,7-8,10,12,18H,2-3,6,9H2,1H3,(H,19,22,25)/t12-/m1/s1. The molecule has 1 aliphatic rings. The largest absolute Gasteiger partial charge is 0.316 e. The minimum Gasteiger partial charge on any atom is -0.316 e. The van der Waals surface area contributed by atoms with Gasteiger partial charge in [0.2, 0.25) is 5.91 Å². The summed E-state index contributed by atoms with van der Waals surface area (Å²) in [6.45, 7) is 1.69. The first-order chi connectivity index (χ1) is 12.2. The number of rotatable bonds is 3. The Hall–Kier alpha value is -2.87. The lowest BCUT2D eigenvalue weighted by atomic mass is 9.99. The highest BCUT2D eigenvalue weighted by molar-refractivity contribution is 5.94. The number of nitrogens with zero attached hydrogens (tertiary/aromatic N) is 5. The van der Waals surface area contributed by atoms with Crippen molar-refractivity contribution in [1.82, 2.24) is 30.5 Å². The number of hydrogen-bond acceptors (Lipinski definition) is 6. The first-order valence-electron chi connectivity index (χ1n) is 8.35. The van der Waals surface area contributed by atoms with E-state index in [0.29, 0.717) is 12.4 Å². The van der Waals surface area contributed by atoms with Gasteiger partial charge in [-0.15, -0.1) is 15.3 Å². The maximum absolute atomic E-state index is 12.4. The van der Waals surface area contributed by atoms with Crippen LogP contribution in [0.4, 0.5) is 5.82 Å². The number of amides is 1. The molecule has 3 aromatic rings. The summed E-state index contributed by atoms with van der Waals surface area (Å²) in [5.74, 6) is 0.447. The number of carbonyl (C=O) groups excluding carboxylic acids is 1. The molecule has 1 saturated heterocycles. The van der Waals surface area contributed by atoms with E-state index in [1.807, 2.05) is 37.5 Å². The fourth-order valence-corrected chi connectivity index (χ4v) is 3.05. The molecule has 0 saturated carbocycles. The van der Waals surface area contributed by atoms with Crippen molar-refractivity contribution >= 4 is 22.6 Å². The van der Waals surface area contributed by atoms with E-state index in [9.17, 15) is 4.79 Å². The molecule has 0 aliphatic carbocycles. The Morgan fingerprint density at radius 2 is 2.20 bits per heavy atom. The fraction of sp³-hybridized carbons (Fsp3) is 0.353. The van der Waals surface area contributed by atoms with Crippen LogP contribution in [-0.4, -0.2) is 44.2 Å². The van der Waals surface area contributed by atoms with Crippen molar-refractivity contribution in [1.29, 1.82) is 0 Å². The molecular weight excluding hydrogens is 318 g/mol. The third kappa shape index (κ3) is 3.34. The number of aryl methyl sites for hydroxylation is 1. The second-order valence-electron chi connectivity index (χ2n) is 6.31. The van der Waals surface area contributed by atoms with Crippen molar-refractivity contribution in [2.24, 2.45) is 13.0 Å². The molecular formula is C17H19N7O. The zero-order chi connectivity index (χ0) is 17.2. The number of hydrogen-bond donors (Lipinski definition) is 2. The van der Waals surface area contributed by atoms with E-state index in [4.69, 9.17) is 0 Å². The number of nitrogens with one attached hydrogen (secondary N) is 2. The van der Waals surface area contributed by atoms with Gasteiger partial charge in [0.25, 0.3) is 0 Å². The van der Waals surface area contributed by atoms with Gasteiger partial charge >= 0.3 is 0 Å². The van der Waals surface area contributed by atoms with Gasteiger partial charge < -0.3 is 10.6 Å². The van der Waals surface area contributed by atoms with Crippen LogP contribution in [0.2, 0.25) is 0 Å². The molecule has 8 nitrogen and oxygen atoms in total. The normalized spacial score (nSPS) is 17.6. The maximum atomic E-state index is 12.4. The number of piperidine rings is 1. The number of carbonyl (C=O) groups is 1. The highest BCUT2D eigenvalue weighted by atomic mass is 16.2. The molecule has 25 heavy (non-hydrogen) atoms. The van der Waals surface area contributed by atoms with Gasteiger partial charge in [-0.1, -0.05) is 11.3 Å². The van der Waals surface area contributed by atoms with E-state index in [1.54, 1.807) is 4.68 Å². The third-order valence-electron chi connectivity index (χ3n) is 4.40. The Bertz CT molecular complexity index is 914. The van der Waals surface area contributed by atoms with Crippen LogP contribution in [0, 0.1) is 5.92 Å². The summed E-state index contributed by atoms with van der Waals surface area (Å²) in [5, 5.41) is 23.4. The van der Waals surface area contributed by atoms with Gasteiger partial charge in [-0.25, -0.2) is 0 Å². The molecule has 1 fully saturated rings. The highest BCUT2D eigenvalue weighted by Crippen LogP contribution is 2.23. The van der Waals surface area contributed by atoms with Crippen molar-refractivity contribution in [3.63, 3.8) is 0 Å². The van der Waals surface area contributed by atoms with Crippen molar-refractivity contribution in [3.05, 3.63) is 30.5 Å². The molecule has 1 aromatic carbocycles. The Morgan fingerprint density at radius 1 is 1.28 bits per heavy atom. The first-order valence-corrected chi connectivity index (χ1v) is 8.35. The molecule has 0 radical (unpaired) electrons. The lowest BCUT2D eigenvalue weighted by Gasteiger charge is -2.21. The molecule has 1 aliphatic heterocycles. The Kier molecular flexibility index (Phi) is 4.10. The number of benzene rings is 1. The van der Waals surface area contributed by atoms with Gasteiger partial charge in [-0.2, -0.15) is 0 Å². The van der Waals surface area contributed by atoms with E-state index < -0.39 is 0 Å². The molecule has 128 valence electrons. The highest BCUT2D eigenvalue weighted by Gasteiger charge is 2.21. The van der Waals surface area contributed by atoms with Crippen molar-refractivity contribution in [2.75, 3.05) is 18.4 Å². The Morgan fingerprint density at radius 3 is 2.96 bits per heavy atom. The Labute approximate surface area is 144 Å². The van der Waals surface area contributed by atoms with E-state index in [-0.39, 0.29) is 11.8 Å². The van der Waals surface area contributed by atoms with Crippen LogP contribution in [0.15, 0.2) is 30.5 Å². The average molecular weight is 337 g/mol. The lowest BCUT2D eigenvalue weighted by Crippen LogP contribution is -2.37. The third-order valence-corrected chi connectivity index (χ3v) is 4.40. The van der Waals surface area contributed by atoms with Gasteiger partial charge in [-0.05, 0) is 37.6 Å². The molecule has 4 rings (SSSR count). The van der Waals surface area contributed by atoms with E-state index in [0.717, 1.165) is 41.5 Å². The zero-order valence-electron chi connectivity index (χ0n) is 13.9. The van der Waals surface area contributed by atoms with Gasteiger partial charge in [-0.3, -0.25) is 9.48 Å². The van der Waals surface area contributed by atoms with Crippen LogP contribution < -0.4 is 10.6 Å². The predicted molar refractivity (Wildman–Crippen MR) is 93.8 cm³/mol. The zero-order valence-corrected chi connectivity index (χ0v) is 13.9. The summed E-state index contributed by atoms with van der Waals surface area (Å²) >= 11 is 0.